The Balaban J connectivity index is 1.50. The van der Waals surface area contributed by atoms with Crippen molar-refractivity contribution >= 4 is 21.2 Å². The fraction of sp³-hybridized carbons (Fsp3) is 0.680. The first-order valence-electron chi connectivity index (χ1n) is 12.5. The number of aromatic nitrogens is 1. The van der Waals surface area contributed by atoms with Gasteiger partial charge in [0.15, 0.2) is 0 Å². The van der Waals surface area contributed by atoms with Crippen molar-refractivity contribution in [1.29, 1.82) is 0 Å². The molecule has 2 fully saturated rings. The standard InChI is InChI=1S/C25H40N4O3S/c1-18(2)19-7-9-20(10-8-19)28-14-11-21(12-15-28)29-24-6-4-3-5-22(24)23(17-26)25(29)13-16-32-33(27,30)31/h3-6,18-21H,7-17,26H2,1-2H3,(H2,27,30,31). The summed E-state index contributed by atoms with van der Waals surface area (Å²) >= 11 is 0. The van der Waals surface area contributed by atoms with Crippen molar-refractivity contribution in [3.05, 3.63) is 35.5 Å². The van der Waals surface area contributed by atoms with Gasteiger partial charge in [0.2, 0.25) is 0 Å². The van der Waals surface area contributed by atoms with E-state index in [1.807, 2.05) is 6.07 Å². The zero-order valence-electron chi connectivity index (χ0n) is 20.1. The minimum Gasteiger partial charge on any atom is -0.341 e. The van der Waals surface area contributed by atoms with Crippen molar-refractivity contribution in [2.45, 2.75) is 77.4 Å². The lowest BCUT2D eigenvalue weighted by molar-refractivity contribution is 0.0888. The van der Waals surface area contributed by atoms with Crippen LogP contribution in [-0.4, -0.2) is 43.6 Å². The molecule has 0 unspecified atom stereocenters. The molecule has 1 aliphatic carbocycles. The van der Waals surface area contributed by atoms with E-state index < -0.39 is 10.3 Å². The van der Waals surface area contributed by atoms with Gasteiger partial charge in [-0.3, -0.25) is 4.18 Å². The summed E-state index contributed by atoms with van der Waals surface area (Å²) in [5.41, 5.74) is 9.51. The molecule has 8 heteroatoms. The third kappa shape index (κ3) is 5.62. The molecule has 0 atom stereocenters. The first-order valence-corrected chi connectivity index (χ1v) is 14.0. The van der Waals surface area contributed by atoms with Crippen LogP contribution >= 0.6 is 0 Å². The van der Waals surface area contributed by atoms with E-state index in [9.17, 15) is 8.42 Å². The van der Waals surface area contributed by atoms with Crippen LogP contribution in [0.1, 0.15) is 69.7 Å². The Morgan fingerprint density at radius 1 is 1.03 bits per heavy atom. The maximum atomic E-state index is 11.3. The molecule has 0 radical (unpaired) electrons. The number of rotatable bonds is 8. The lowest BCUT2D eigenvalue weighted by atomic mass is 9.79. The minimum atomic E-state index is -3.96. The Kier molecular flexibility index (Phi) is 7.80. The van der Waals surface area contributed by atoms with E-state index in [1.54, 1.807) is 0 Å². The van der Waals surface area contributed by atoms with Gasteiger partial charge in [-0.25, -0.2) is 5.14 Å². The average Bonchev–Trinajstić information content (AvgIpc) is 3.11. The minimum absolute atomic E-state index is 0.0279. The van der Waals surface area contributed by atoms with Crippen LogP contribution in [0.2, 0.25) is 0 Å². The Bertz CT molecular complexity index is 1030. The number of piperidine rings is 1. The smallest absolute Gasteiger partial charge is 0.333 e. The monoisotopic (exact) mass is 476 g/mol. The van der Waals surface area contributed by atoms with Crippen LogP contribution in [0.15, 0.2) is 24.3 Å². The fourth-order valence-corrected chi connectivity index (χ4v) is 6.51. The number of benzene rings is 1. The van der Waals surface area contributed by atoms with E-state index in [-0.39, 0.29) is 6.61 Å². The summed E-state index contributed by atoms with van der Waals surface area (Å²) in [6.07, 6.45) is 8.03. The summed E-state index contributed by atoms with van der Waals surface area (Å²) in [6, 6.07) is 9.46. The molecule has 33 heavy (non-hydrogen) atoms. The highest BCUT2D eigenvalue weighted by Crippen LogP contribution is 2.37. The topological polar surface area (TPSA) is 104 Å². The average molecular weight is 477 g/mol. The second-order valence-corrected chi connectivity index (χ2v) is 11.4. The van der Waals surface area contributed by atoms with Gasteiger partial charge in [0.1, 0.15) is 0 Å². The summed E-state index contributed by atoms with van der Waals surface area (Å²) in [5.74, 6) is 1.69. The number of fused-ring (bicyclic) bond motifs is 1. The molecule has 184 valence electrons. The molecule has 1 aromatic carbocycles. The van der Waals surface area contributed by atoms with Gasteiger partial charge in [-0.1, -0.05) is 32.0 Å². The largest absolute Gasteiger partial charge is 0.341 e. The van der Waals surface area contributed by atoms with Gasteiger partial charge in [0, 0.05) is 54.7 Å². The van der Waals surface area contributed by atoms with Crippen LogP contribution in [0.5, 0.6) is 0 Å². The molecule has 2 aliphatic rings. The molecule has 2 aromatic rings. The summed E-state index contributed by atoms with van der Waals surface area (Å²) in [7, 11) is -3.96. The number of para-hydroxylation sites is 1. The van der Waals surface area contributed by atoms with Crippen molar-refractivity contribution in [2.75, 3.05) is 19.7 Å². The summed E-state index contributed by atoms with van der Waals surface area (Å²) in [6.45, 7) is 7.38. The molecule has 1 saturated carbocycles. The van der Waals surface area contributed by atoms with Crippen molar-refractivity contribution in [3.63, 3.8) is 0 Å². The van der Waals surface area contributed by atoms with Crippen LogP contribution in [0.3, 0.4) is 0 Å². The fourth-order valence-electron chi connectivity index (χ4n) is 6.20. The molecular formula is C25H40N4O3S. The Hall–Kier alpha value is -1.45. The van der Waals surface area contributed by atoms with Crippen LogP contribution in [0.4, 0.5) is 0 Å². The zero-order valence-corrected chi connectivity index (χ0v) is 20.9. The highest BCUT2D eigenvalue weighted by molar-refractivity contribution is 7.84. The Labute approximate surface area is 198 Å². The van der Waals surface area contributed by atoms with Gasteiger partial charge in [0.05, 0.1) is 6.61 Å². The molecule has 0 spiro atoms. The highest BCUT2D eigenvalue weighted by atomic mass is 32.2. The van der Waals surface area contributed by atoms with E-state index in [1.165, 1.54) is 31.2 Å². The molecule has 2 heterocycles. The van der Waals surface area contributed by atoms with Crippen LogP contribution < -0.4 is 10.9 Å². The Morgan fingerprint density at radius 3 is 2.30 bits per heavy atom. The van der Waals surface area contributed by atoms with E-state index in [0.717, 1.165) is 60.5 Å². The normalized spacial score (nSPS) is 23.5. The number of hydrogen-bond acceptors (Lipinski definition) is 5. The molecule has 4 rings (SSSR count). The van der Waals surface area contributed by atoms with Gasteiger partial charge >= 0.3 is 10.3 Å². The summed E-state index contributed by atoms with van der Waals surface area (Å²) in [5, 5.41) is 6.20. The SMILES string of the molecule is CC(C)C1CCC(N2CCC(n3c(CCOS(N)(=O)=O)c(CN)c4ccccc43)CC2)CC1. The van der Waals surface area contributed by atoms with Crippen molar-refractivity contribution in [2.24, 2.45) is 22.7 Å². The van der Waals surface area contributed by atoms with Gasteiger partial charge < -0.3 is 15.2 Å². The molecule has 4 N–H and O–H groups in total. The second kappa shape index (κ2) is 10.4. The van der Waals surface area contributed by atoms with Crippen LogP contribution in [0, 0.1) is 11.8 Å². The molecule has 0 bridgehead atoms. The van der Waals surface area contributed by atoms with Crippen molar-refractivity contribution in [3.8, 4) is 0 Å². The van der Waals surface area contributed by atoms with Gasteiger partial charge in [-0.05, 0) is 62.0 Å². The van der Waals surface area contributed by atoms with E-state index >= 15 is 0 Å². The predicted octanol–water partition coefficient (Wildman–Crippen LogP) is 3.71. The van der Waals surface area contributed by atoms with Crippen molar-refractivity contribution < 1.29 is 12.6 Å². The molecule has 1 aromatic heterocycles. The molecule has 7 nitrogen and oxygen atoms in total. The zero-order chi connectivity index (χ0) is 23.6. The second-order valence-electron chi connectivity index (χ2n) is 10.2. The third-order valence-electron chi connectivity index (χ3n) is 7.98. The number of nitrogens with two attached hydrogens (primary N) is 2. The molecular weight excluding hydrogens is 436 g/mol. The highest BCUT2D eigenvalue weighted by Gasteiger charge is 2.31. The lowest BCUT2D eigenvalue weighted by Gasteiger charge is -2.42. The van der Waals surface area contributed by atoms with Crippen LogP contribution in [0.25, 0.3) is 10.9 Å². The lowest BCUT2D eigenvalue weighted by Crippen LogP contribution is -2.44. The van der Waals surface area contributed by atoms with E-state index in [2.05, 4.69) is 41.5 Å². The maximum Gasteiger partial charge on any atom is 0.333 e. The Morgan fingerprint density at radius 2 is 1.70 bits per heavy atom. The van der Waals surface area contributed by atoms with Crippen molar-refractivity contribution in [1.82, 2.24) is 9.47 Å². The summed E-state index contributed by atoms with van der Waals surface area (Å²) < 4.78 is 29.9. The van der Waals surface area contributed by atoms with Gasteiger partial charge in [-0.2, -0.15) is 8.42 Å². The predicted molar refractivity (Wildman–Crippen MR) is 133 cm³/mol. The third-order valence-corrected chi connectivity index (χ3v) is 8.48. The number of likely N-dealkylation sites (tertiary alicyclic amines) is 1. The van der Waals surface area contributed by atoms with E-state index in [0.29, 0.717) is 19.0 Å². The number of hydrogen-bond donors (Lipinski definition) is 2. The van der Waals surface area contributed by atoms with Gasteiger partial charge in [0.25, 0.3) is 0 Å². The molecule has 1 aliphatic heterocycles. The molecule has 1 saturated heterocycles. The van der Waals surface area contributed by atoms with E-state index in [4.69, 9.17) is 15.1 Å². The first kappa shape index (κ1) is 24.7. The summed E-state index contributed by atoms with van der Waals surface area (Å²) in [4.78, 5) is 2.71. The molecule has 0 amide bonds. The maximum absolute atomic E-state index is 11.3. The van der Waals surface area contributed by atoms with Gasteiger partial charge in [-0.15, -0.1) is 0 Å². The first-order chi connectivity index (χ1) is 15.8. The number of nitrogens with zero attached hydrogens (tertiary/aromatic N) is 2. The van der Waals surface area contributed by atoms with Crippen LogP contribution in [-0.2, 0) is 27.5 Å². The quantitative estimate of drug-likeness (QED) is 0.604.